The minimum absolute atomic E-state index is 0.310. The first kappa shape index (κ1) is 15.5. The monoisotopic (exact) mass is 332 g/mol. The lowest BCUT2D eigenvalue weighted by Crippen LogP contribution is -2.01. The van der Waals surface area contributed by atoms with Crippen LogP contribution in [-0.2, 0) is 15.2 Å². The number of benzene rings is 1. The zero-order valence-corrected chi connectivity index (χ0v) is 13.0. The Bertz CT molecular complexity index is 396. The highest BCUT2D eigenvalue weighted by atomic mass is 79.9. The van der Waals surface area contributed by atoms with Gasteiger partial charge in [-0.1, -0.05) is 22.0 Å². The smallest absolute Gasteiger partial charge is 0.337 e. The van der Waals surface area contributed by atoms with Crippen LogP contribution in [0.25, 0.3) is 0 Å². The van der Waals surface area contributed by atoms with Crippen molar-refractivity contribution in [3.8, 4) is 0 Å². The van der Waals surface area contributed by atoms with E-state index in [1.807, 2.05) is 17.8 Å². The standard InChI is InChI=1S/C13H17BrO3S/c1-16-6-3-7-18-9-11-5-4-10(8-12(11)14)13(15)17-2/h4-5,8H,3,6-7,9H2,1-2H3. The quantitative estimate of drug-likeness (QED) is 0.565. The second kappa shape index (κ2) is 8.56. The number of rotatable bonds is 7. The van der Waals surface area contributed by atoms with Crippen molar-refractivity contribution in [2.45, 2.75) is 12.2 Å². The van der Waals surface area contributed by atoms with E-state index in [-0.39, 0.29) is 5.97 Å². The molecule has 5 heteroatoms. The predicted molar refractivity (Wildman–Crippen MR) is 78.1 cm³/mol. The highest BCUT2D eigenvalue weighted by Gasteiger charge is 2.08. The molecule has 0 unspecified atom stereocenters. The van der Waals surface area contributed by atoms with Gasteiger partial charge in [0.2, 0.25) is 0 Å². The zero-order chi connectivity index (χ0) is 13.4. The molecule has 0 atom stereocenters. The van der Waals surface area contributed by atoms with E-state index in [2.05, 4.69) is 20.7 Å². The summed E-state index contributed by atoms with van der Waals surface area (Å²) < 4.78 is 10.6. The Morgan fingerprint density at radius 1 is 1.39 bits per heavy atom. The minimum Gasteiger partial charge on any atom is -0.465 e. The summed E-state index contributed by atoms with van der Waals surface area (Å²) in [6, 6.07) is 5.55. The summed E-state index contributed by atoms with van der Waals surface area (Å²) in [6.07, 6.45) is 1.05. The molecule has 0 heterocycles. The zero-order valence-electron chi connectivity index (χ0n) is 10.6. The maximum Gasteiger partial charge on any atom is 0.337 e. The van der Waals surface area contributed by atoms with Gasteiger partial charge in [-0.2, -0.15) is 11.8 Å². The van der Waals surface area contributed by atoms with Crippen molar-refractivity contribution in [1.82, 2.24) is 0 Å². The van der Waals surface area contributed by atoms with E-state index < -0.39 is 0 Å². The molecule has 0 saturated heterocycles. The Labute approximate surface area is 120 Å². The summed E-state index contributed by atoms with van der Waals surface area (Å²) in [7, 11) is 3.10. The molecule has 0 aliphatic heterocycles. The van der Waals surface area contributed by atoms with Crippen molar-refractivity contribution in [2.75, 3.05) is 26.6 Å². The summed E-state index contributed by atoms with van der Waals surface area (Å²) in [5.41, 5.74) is 1.75. The molecule has 0 aliphatic carbocycles. The largest absolute Gasteiger partial charge is 0.465 e. The number of carbonyl (C=O) groups excluding carboxylic acids is 1. The van der Waals surface area contributed by atoms with E-state index in [0.717, 1.165) is 29.0 Å². The number of ether oxygens (including phenoxy) is 2. The Morgan fingerprint density at radius 3 is 2.78 bits per heavy atom. The molecule has 0 radical (unpaired) electrons. The summed E-state index contributed by atoms with van der Waals surface area (Å²) in [6.45, 7) is 0.801. The van der Waals surface area contributed by atoms with E-state index in [4.69, 9.17) is 4.74 Å². The summed E-state index contributed by atoms with van der Waals surface area (Å²) >= 11 is 5.34. The average molecular weight is 333 g/mol. The highest BCUT2D eigenvalue weighted by Crippen LogP contribution is 2.23. The lowest BCUT2D eigenvalue weighted by atomic mass is 10.1. The molecule has 1 aromatic carbocycles. The number of carbonyl (C=O) groups is 1. The summed E-state index contributed by atoms with van der Waals surface area (Å²) in [5.74, 6) is 1.68. The Balaban J connectivity index is 2.49. The molecule has 1 aromatic rings. The topological polar surface area (TPSA) is 35.5 Å². The van der Waals surface area contributed by atoms with Crippen molar-refractivity contribution in [3.63, 3.8) is 0 Å². The van der Waals surface area contributed by atoms with Crippen molar-refractivity contribution < 1.29 is 14.3 Å². The number of esters is 1. The fourth-order valence-electron chi connectivity index (χ4n) is 1.40. The van der Waals surface area contributed by atoms with Crippen LogP contribution in [0.2, 0.25) is 0 Å². The van der Waals surface area contributed by atoms with E-state index in [1.165, 1.54) is 12.7 Å². The number of halogens is 1. The van der Waals surface area contributed by atoms with Crippen LogP contribution in [0.5, 0.6) is 0 Å². The van der Waals surface area contributed by atoms with E-state index in [1.54, 1.807) is 19.2 Å². The van der Waals surface area contributed by atoms with E-state index >= 15 is 0 Å². The molecule has 0 saturated carbocycles. The Hall–Kier alpha value is -0.520. The molecule has 1 rings (SSSR count). The Morgan fingerprint density at radius 2 is 2.17 bits per heavy atom. The van der Waals surface area contributed by atoms with Crippen LogP contribution in [0.1, 0.15) is 22.3 Å². The van der Waals surface area contributed by atoms with Crippen molar-refractivity contribution in [1.29, 1.82) is 0 Å². The maximum atomic E-state index is 11.3. The van der Waals surface area contributed by atoms with Crippen LogP contribution in [0, 0.1) is 0 Å². The number of hydrogen-bond donors (Lipinski definition) is 0. The van der Waals surface area contributed by atoms with Gasteiger partial charge in [-0.15, -0.1) is 0 Å². The lowest BCUT2D eigenvalue weighted by molar-refractivity contribution is 0.0600. The predicted octanol–water partition coefficient (Wildman–Crippen LogP) is 3.51. The van der Waals surface area contributed by atoms with Gasteiger partial charge in [0.1, 0.15) is 0 Å². The molecule has 0 N–H and O–H groups in total. The first-order valence-corrected chi connectivity index (χ1v) is 7.57. The molecule has 3 nitrogen and oxygen atoms in total. The Kier molecular flexibility index (Phi) is 7.39. The third-order valence-corrected chi connectivity index (χ3v) is 4.20. The molecule has 100 valence electrons. The van der Waals surface area contributed by atoms with Gasteiger partial charge < -0.3 is 9.47 Å². The van der Waals surface area contributed by atoms with Gasteiger partial charge in [0.05, 0.1) is 12.7 Å². The molecule has 18 heavy (non-hydrogen) atoms. The summed E-state index contributed by atoms with van der Waals surface area (Å²) in [5, 5.41) is 0. The molecule has 0 fully saturated rings. The van der Waals surface area contributed by atoms with Crippen LogP contribution in [-0.4, -0.2) is 32.5 Å². The number of methoxy groups -OCH3 is 2. The lowest BCUT2D eigenvalue weighted by Gasteiger charge is -2.06. The van der Waals surface area contributed by atoms with Crippen LogP contribution >= 0.6 is 27.7 Å². The van der Waals surface area contributed by atoms with Crippen LogP contribution in [0.3, 0.4) is 0 Å². The molecule has 0 amide bonds. The minimum atomic E-state index is -0.310. The van der Waals surface area contributed by atoms with E-state index in [9.17, 15) is 4.79 Å². The average Bonchev–Trinajstić information content (AvgIpc) is 2.39. The fourth-order valence-corrected chi connectivity index (χ4v) is 3.04. The SMILES string of the molecule is COCCCSCc1ccc(C(=O)OC)cc1Br. The molecule has 0 bridgehead atoms. The van der Waals surface area contributed by atoms with Crippen molar-refractivity contribution >= 4 is 33.7 Å². The second-order valence-electron chi connectivity index (χ2n) is 3.70. The van der Waals surface area contributed by atoms with Crippen molar-refractivity contribution in [2.24, 2.45) is 0 Å². The normalized spacial score (nSPS) is 10.4. The van der Waals surface area contributed by atoms with E-state index in [0.29, 0.717) is 5.56 Å². The van der Waals surface area contributed by atoms with Gasteiger partial charge in [-0.25, -0.2) is 4.79 Å². The maximum absolute atomic E-state index is 11.3. The number of thioether (sulfide) groups is 1. The van der Waals surface area contributed by atoms with Gasteiger partial charge in [-0.05, 0) is 29.9 Å². The first-order valence-electron chi connectivity index (χ1n) is 5.62. The van der Waals surface area contributed by atoms with Crippen LogP contribution in [0.15, 0.2) is 22.7 Å². The summed E-state index contributed by atoms with van der Waals surface area (Å²) in [4.78, 5) is 11.3. The molecule has 0 spiro atoms. The number of hydrogen-bond acceptors (Lipinski definition) is 4. The molecule has 0 aliphatic rings. The van der Waals surface area contributed by atoms with Gasteiger partial charge in [0, 0.05) is 23.9 Å². The van der Waals surface area contributed by atoms with Gasteiger partial charge in [0.25, 0.3) is 0 Å². The molecular formula is C13H17BrO3S. The van der Waals surface area contributed by atoms with Crippen LogP contribution in [0.4, 0.5) is 0 Å². The second-order valence-corrected chi connectivity index (χ2v) is 5.66. The third kappa shape index (κ3) is 5.00. The van der Waals surface area contributed by atoms with Gasteiger partial charge >= 0.3 is 5.97 Å². The third-order valence-electron chi connectivity index (χ3n) is 2.37. The van der Waals surface area contributed by atoms with Gasteiger partial charge in [0.15, 0.2) is 0 Å². The van der Waals surface area contributed by atoms with Gasteiger partial charge in [-0.3, -0.25) is 0 Å². The van der Waals surface area contributed by atoms with Crippen LogP contribution < -0.4 is 0 Å². The highest BCUT2D eigenvalue weighted by molar-refractivity contribution is 9.10. The fraction of sp³-hybridized carbons (Fsp3) is 0.462. The first-order chi connectivity index (χ1) is 8.69. The van der Waals surface area contributed by atoms with Crippen molar-refractivity contribution in [3.05, 3.63) is 33.8 Å². The molecule has 0 aromatic heterocycles. The molecular weight excluding hydrogens is 316 g/mol.